The molecule has 0 amide bonds. The van der Waals surface area contributed by atoms with Gasteiger partial charge < -0.3 is 14.4 Å². The van der Waals surface area contributed by atoms with Gasteiger partial charge in [0.2, 0.25) is 0 Å². The Labute approximate surface area is 109 Å². The fourth-order valence-corrected chi connectivity index (χ4v) is 1.75. The van der Waals surface area contributed by atoms with Crippen molar-refractivity contribution in [2.24, 2.45) is 5.41 Å². The Morgan fingerprint density at radius 2 is 1.69 bits per heavy atom. The summed E-state index contributed by atoms with van der Waals surface area (Å²) in [6, 6.07) is 0. The minimum atomic E-state index is 0.306. The molecule has 0 spiro atoms. The first-order valence-electron chi connectivity index (χ1n) is 5.82. The third-order valence-electron chi connectivity index (χ3n) is 2.45. The second-order valence-electron chi connectivity index (χ2n) is 4.91. The lowest BCUT2D eigenvalue weighted by Gasteiger charge is -2.31. The van der Waals surface area contributed by atoms with Crippen LogP contribution in [0.1, 0.15) is 20.3 Å². The number of halogens is 1. The zero-order valence-electron chi connectivity index (χ0n) is 11.1. The molecule has 16 heavy (non-hydrogen) atoms. The van der Waals surface area contributed by atoms with Crippen molar-refractivity contribution in [1.29, 1.82) is 0 Å². The molecule has 0 atom stereocenters. The predicted molar refractivity (Wildman–Crippen MR) is 72.4 cm³/mol. The average molecular weight is 296 g/mol. The Kier molecular flexibility index (Phi) is 9.61. The normalized spacial score (nSPS) is 12.4. The monoisotopic (exact) mass is 295 g/mol. The number of nitrogens with zero attached hydrogens (tertiary/aromatic N) is 1. The van der Waals surface area contributed by atoms with E-state index in [0.29, 0.717) is 5.41 Å². The molecule has 0 N–H and O–H groups in total. The van der Waals surface area contributed by atoms with Gasteiger partial charge >= 0.3 is 0 Å². The fraction of sp³-hybridized carbons (Fsp3) is 1.00. The summed E-state index contributed by atoms with van der Waals surface area (Å²) in [6.07, 6.45) is 1.08. The maximum Gasteiger partial charge on any atom is 0.0589 e. The largest absolute Gasteiger partial charge is 0.385 e. The Morgan fingerprint density at radius 1 is 1.06 bits per heavy atom. The highest BCUT2D eigenvalue weighted by Gasteiger charge is 2.20. The molecule has 4 heteroatoms. The molecular formula is C12H26BrNO2. The van der Waals surface area contributed by atoms with Gasteiger partial charge in [0.05, 0.1) is 6.61 Å². The Hall–Kier alpha value is 0.360. The summed E-state index contributed by atoms with van der Waals surface area (Å²) in [5, 5.41) is 1.02. The van der Waals surface area contributed by atoms with E-state index >= 15 is 0 Å². The first-order chi connectivity index (χ1) is 7.55. The van der Waals surface area contributed by atoms with E-state index in [1.807, 2.05) is 0 Å². The zero-order valence-corrected chi connectivity index (χ0v) is 12.7. The second kappa shape index (κ2) is 9.40. The SMILES string of the molecule is COCCCN(CCOC)CC(C)(C)CBr. The molecule has 0 aliphatic carbocycles. The van der Waals surface area contributed by atoms with Crippen LogP contribution < -0.4 is 0 Å². The molecule has 0 aromatic heterocycles. The van der Waals surface area contributed by atoms with Crippen LogP contribution in [0.25, 0.3) is 0 Å². The average Bonchev–Trinajstić information content (AvgIpc) is 2.25. The van der Waals surface area contributed by atoms with Crippen molar-refractivity contribution in [3.63, 3.8) is 0 Å². The van der Waals surface area contributed by atoms with Gasteiger partial charge in [0, 0.05) is 45.8 Å². The Bertz CT molecular complexity index is 165. The summed E-state index contributed by atoms with van der Waals surface area (Å²) in [4.78, 5) is 2.45. The summed E-state index contributed by atoms with van der Waals surface area (Å²) in [6.45, 7) is 9.34. The van der Waals surface area contributed by atoms with Crippen molar-refractivity contribution in [2.75, 3.05) is 52.4 Å². The number of hydrogen-bond acceptors (Lipinski definition) is 3. The number of ether oxygens (including phenoxy) is 2. The van der Waals surface area contributed by atoms with Crippen molar-refractivity contribution in [3.8, 4) is 0 Å². The molecule has 0 aromatic rings. The van der Waals surface area contributed by atoms with E-state index in [4.69, 9.17) is 9.47 Å². The molecule has 0 rings (SSSR count). The van der Waals surface area contributed by atoms with Crippen molar-refractivity contribution in [3.05, 3.63) is 0 Å². The van der Waals surface area contributed by atoms with Gasteiger partial charge in [0.25, 0.3) is 0 Å². The highest BCUT2D eigenvalue weighted by atomic mass is 79.9. The molecular weight excluding hydrogens is 270 g/mol. The van der Waals surface area contributed by atoms with E-state index in [9.17, 15) is 0 Å². The summed E-state index contributed by atoms with van der Waals surface area (Å²) in [7, 11) is 3.50. The van der Waals surface area contributed by atoms with Crippen molar-refractivity contribution < 1.29 is 9.47 Å². The topological polar surface area (TPSA) is 21.7 Å². The molecule has 0 saturated heterocycles. The lowest BCUT2D eigenvalue weighted by Crippen LogP contribution is -2.38. The van der Waals surface area contributed by atoms with E-state index in [0.717, 1.165) is 44.6 Å². The van der Waals surface area contributed by atoms with Gasteiger partial charge in [-0.2, -0.15) is 0 Å². The van der Waals surface area contributed by atoms with Gasteiger partial charge in [-0.1, -0.05) is 29.8 Å². The van der Waals surface area contributed by atoms with Crippen LogP contribution in [0.2, 0.25) is 0 Å². The van der Waals surface area contributed by atoms with Gasteiger partial charge in [0.1, 0.15) is 0 Å². The van der Waals surface area contributed by atoms with Gasteiger partial charge in [-0.05, 0) is 11.8 Å². The number of methoxy groups -OCH3 is 2. The van der Waals surface area contributed by atoms with Crippen LogP contribution in [0.15, 0.2) is 0 Å². The van der Waals surface area contributed by atoms with E-state index in [1.165, 1.54) is 0 Å². The lowest BCUT2D eigenvalue weighted by molar-refractivity contribution is 0.112. The molecule has 0 unspecified atom stereocenters. The van der Waals surface area contributed by atoms with Crippen molar-refractivity contribution in [2.45, 2.75) is 20.3 Å². The van der Waals surface area contributed by atoms with Crippen LogP contribution in [-0.4, -0.2) is 57.3 Å². The van der Waals surface area contributed by atoms with Gasteiger partial charge in [0.15, 0.2) is 0 Å². The highest BCUT2D eigenvalue weighted by Crippen LogP contribution is 2.19. The van der Waals surface area contributed by atoms with Crippen molar-refractivity contribution >= 4 is 15.9 Å². The van der Waals surface area contributed by atoms with E-state index in [-0.39, 0.29) is 0 Å². The maximum atomic E-state index is 5.14. The molecule has 0 aliphatic heterocycles. The van der Waals surface area contributed by atoms with E-state index in [2.05, 4.69) is 34.7 Å². The van der Waals surface area contributed by atoms with Crippen LogP contribution in [0.3, 0.4) is 0 Å². The van der Waals surface area contributed by atoms with Gasteiger partial charge in [-0.3, -0.25) is 0 Å². The molecule has 98 valence electrons. The Morgan fingerprint density at radius 3 is 2.19 bits per heavy atom. The van der Waals surface area contributed by atoms with Gasteiger partial charge in [-0.25, -0.2) is 0 Å². The Balaban J connectivity index is 3.98. The molecule has 0 bridgehead atoms. The summed E-state index contributed by atoms with van der Waals surface area (Å²) in [5.74, 6) is 0. The number of hydrogen-bond donors (Lipinski definition) is 0. The highest BCUT2D eigenvalue weighted by molar-refractivity contribution is 9.09. The zero-order chi connectivity index (χ0) is 12.4. The van der Waals surface area contributed by atoms with Gasteiger partial charge in [-0.15, -0.1) is 0 Å². The lowest BCUT2D eigenvalue weighted by atomic mass is 9.96. The fourth-order valence-electron chi connectivity index (χ4n) is 1.57. The minimum Gasteiger partial charge on any atom is -0.385 e. The molecule has 0 heterocycles. The van der Waals surface area contributed by atoms with Crippen LogP contribution in [0.4, 0.5) is 0 Å². The smallest absolute Gasteiger partial charge is 0.0589 e. The first kappa shape index (κ1) is 16.4. The number of alkyl halides is 1. The molecule has 0 radical (unpaired) electrons. The van der Waals surface area contributed by atoms with Crippen molar-refractivity contribution in [1.82, 2.24) is 4.90 Å². The third-order valence-corrected chi connectivity index (χ3v) is 3.97. The standard InChI is InChI=1S/C12H26BrNO2/c1-12(2,10-13)11-14(7-9-16-4)6-5-8-15-3/h5-11H2,1-4H3. The quantitative estimate of drug-likeness (QED) is 0.456. The molecule has 0 saturated carbocycles. The summed E-state index contributed by atoms with van der Waals surface area (Å²) >= 11 is 3.57. The number of rotatable bonds is 10. The van der Waals surface area contributed by atoms with Crippen LogP contribution in [0, 0.1) is 5.41 Å². The predicted octanol–water partition coefficient (Wildman–Crippen LogP) is 2.39. The van der Waals surface area contributed by atoms with E-state index in [1.54, 1.807) is 14.2 Å². The molecule has 0 aliphatic rings. The maximum absolute atomic E-state index is 5.14. The van der Waals surface area contributed by atoms with Crippen LogP contribution >= 0.6 is 15.9 Å². The van der Waals surface area contributed by atoms with Crippen LogP contribution in [-0.2, 0) is 9.47 Å². The van der Waals surface area contributed by atoms with Crippen LogP contribution in [0.5, 0.6) is 0 Å². The third kappa shape index (κ3) is 8.50. The molecule has 0 aromatic carbocycles. The summed E-state index contributed by atoms with van der Waals surface area (Å²) < 4.78 is 10.2. The minimum absolute atomic E-state index is 0.306. The second-order valence-corrected chi connectivity index (χ2v) is 5.47. The molecule has 0 fully saturated rings. The summed E-state index contributed by atoms with van der Waals surface area (Å²) in [5.41, 5.74) is 0.306. The first-order valence-corrected chi connectivity index (χ1v) is 6.94. The van der Waals surface area contributed by atoms with E-state index < -0.39 is 0 Å². The molecule has 3 nitrogen and oxygen atoms in total.